The van der Waals surface area contributed by atoms with Crippen LogP contribution in [0.3, 0.4) is 0 Å². The zero-order valence-electron chi connectivity index (χ0n) is 26.2. The van der Waals surface area contributed by atoms with E-state index in [0.717, 1.165) is 35.5 Å². The lowest BCUT2D eigenvalue weighted by molar-refractivity contribution is -0.683. The van der Waals surface area contributed by atoms with E-state index in [1.807, 2.05) is 35.2 Å². The Hall–Kier alpha value is -2.38. The molecule has 1 amide bonds. The van der Waals surface area contributed by atoms with E-state index in [1.54, 1.807) is 25.4 Å². The fourth-order valence-electron chi connectivity index (χ4n) is 5.24. The van der Waals surface area contributed by atoms with Gasteiger partial charge in [0.1, 0.15) is 0 Å². The molecule has 1 aromatic heterocycles. The molecule has 0 fully saturated rings. The molecule has 0 unspecified atom stereocenters. The number of rotatable bonds is 20. The van der Waals surface area contributed by atoms with Crippen LogP contribution in [0.5, 0.6) is 11.5 Å². The SMILES string of the molecule is CCCCCCCCCCCCCCOc1c(CN(C(C)=O)c2cccc(C[n+]3csc(C)c3)c2)cccc1OC.[Br-]. The standard InChI is InChI=1S/C35H51N2O3S.BrH/c1-5-6-7-8-9-10-11-12-13-14-15-16-23-40-35-32(20-18-22-34(35)39-4)27-37(30(3)38)33-21-17-19-31(24-33)26-36-25-29(2)41-28-36;/h17-22,24-25,28H,5-16,23,26-27H2,1-4H3;1H/q+1;/p-1. The molecule has 0 aliphatic rings. The van der Waals surface area contributed by atoms with Crippen LogP contribution in [-0.2, 0) is 17.9 Å². The quantitative estimate of drug-likeness (QED) is 0.110. The molecule has 0 aliphatic carbocycles. The van der Waals surface area contributed by atoms with Crippen molar-refractivity contribution in [1.82, 2.24) is 0 Å². The van der Waals surface area contributed by atoms with Gasteiger partial charge >= 0.3 is 0 Å². The minimum Gasteiger partial charge on any atom is -1.00 e. The van der Waals surface area contributed by atoms with Crippen molar-refractivity contribution >= 4 is 22.9 Å². The van der Waals surface area contributed by atoms with E-state index in [0.29, 0.717) is 18.9 Å². The van der Waals surface area contributed by atoms with Crippen LogP contribution in [0.4, 0.5) is 5.69 Å². The van der Waals surface area contributed by atoms with Crippen LogP contribution < -0.4 is 35.9 Å². The predicted molar refractivity (Wildman–Crippen MR) is 171 cm³/mol. The van der Waals surface area contributed by atoms with Gasteiger partial charge in [0, 0.05) is 23.7 Å². The highest BCUT2D eigenvalue weighted by Gasteiger charge is 2.18. The number of benzene rings is 2. The third kappa shape index (κ3) is 12.5. The average Bonchev–Trinajstić information content (AvgIpc) is 3.38. The molecule has 42 heavy (non-hydrogen) atoms. The van der Waals surface area contributed by atoms with E-state index < -0.39 is 0 Å². The fourth-order valence-corrected chi connectivity index (χ4v) is 5.88. The fraction of sp³-hybridized carbons (Fsp3) is 0.543. The lowest BCUT2D eigenvalue weighted by Crippen LogP contribution is -3.00. The molecular weight excluding hydrogens is 608 g/mol. The monoisotopic (exact) mass is 658 g/mol. The number of carbonyl (C=O) groups is 1. The van der Waals surface area contributed by atoms with Crippen LogP contribution >= 0.6 is 11.3 Å². The van der Waals surface area contributed by atoms with E-state index in [2.05, 4.69) is 42.3 Å². The minimum absolute atomic E-state index is 0. The summed E-state index contributed by atoms with van der Waals surface area (Å²) >= 11 is 1.74. The van der Waals surface area contributed by atoms with Crippen molar-refractivity contribution in [1.29, 1.82) is 0 Å². The molecule has 0 bridgehead atoms. The molecule has 0 saturated carbocycles. The van der Waals surface area contributed by atoms with Crippen LogP contribution in [0.15, 0.2) is 54.2 Å². The summed E-state index contributed by atoms with van der Waals surface area (Å²) in [6.45, 7) is 7.86. The molecule has 1 heterocycles. The number of amides is 1. The Morgan fingerprint density at radius 2 is 1.55 bits per heavy atom. The van der Waals surface area contributed by atoms with Gasteiger partial charge in [-0.05, 0) is 31.5 Å². The Labute approximate surface area is 269 Å². The second-order valence-electron chi connectivity index (χ2n) is 11.1. The van der Waals surface area contributed by atoms with Crippen LogP contribution in [0.2, 0.25) is 0 Å². The van der Waals surface area contributed by atoms with Gasteiger partial charge < -0.3 is 31.4 Å². The van der Waals surface area contributed by atoms with Crippen molar-refractivity contribution < 1.29 is 35.8 Å². The predicted octanol–water partition coefficient (Wildman–Crippen LogP) is 6.04. The highest BCUT2D eigenvalue weighted by Crippen LogP contribution is 2.33. The summed E-state index contributed by atoms with van der Waals surface area (Å²) in [6.07, 6.45) is 17.9. The van der Waals surface area contributed by atoms with Crippen LogP contribution in [0.25, 0.3) is 0 Å². The van der Waals surface area contributed by atoms with Crippen molar-refractivity contribution in [3.8, 4) is 11.5 Å². The molecule has 0 saturated heterocycles. The summed E-state index contributed by atoms with van der Waals surface area (Å²) in [5, 5.41) is 0. The zero-order chi connectivity index (χ0) is 29.3. The third-order valence-electron chi connectivity index (χ3n) is 7.54. The van der Waals surface area contributed by atoms with Crippen molar-refractivity contribution in [2.75, 3.05) is 18.6 Å². The number of ether oxygens (including phenoxy) is 2. The molecule has 7 heteroatoms. The average molecular weight is 660 g/mol. The van der Waals surface area contributed by atoms with Crippen LogP contribution in [0.1, 0.15) is 107 Å². The first kappa shape index (κ1) is 35.8. The van der Waals surface area contributed by atoms with Crippen molar-refractivity contribution in [2.45, 2.75) is 111 Å². The largest absolute Gasteiger partial charge is 1.00 e. The van der Waals surface area contributed by atoms with Gasteiger partial charge in [-0.1, -0.05) is 113 Å². The highest BCUT2D eigenvalue weighted by molar-refractivity contribution is 7.09. The van der Waals surface area contributed by atoms with Crippen molar-refractivity contribution in [2.24, 2.45) is 0 Å². The number of aromatic nitrogens is 1. The Morgan fingerprint density at radius 3 is 2.14 bits per heavy atom. The second-order valence-corrected chi connectivity index (χ2v) is 12.2. The Kier molecular flexibility index (Phi) is 17.5. The molecule has 0 atom stereocenters. The molecule has 2 aromatic carbocycles. The van der Waals surface area contributed by atoms with Crippen molar-refractivity contribution in [3.63, 3.8) is 0 Å². The van der Waals surface area contributed by atoms with E-state index >= 15 is 0 Å². The number of hydrogen-bond acceptors (Lipinski definition) is 4. The number of methoxy groups -OCH3 is 1. The number of thiazole rings is 1. The van der Waals surface area contributed by atoms with E-state index in [-0.39, 0.29) is 22.9 Å². The van der Waals surface area contributed by atoms with Crippen LogP contribution in [0, 0.1) is 6.92 Å². The summed E-state index contributed by atoms with van der Waals surface area (Å²) in [5.41, 5.74) is 5.12. The smallest absolute Gasteiger partial charge is 0.225 e. The summed E-state index contributed by atoms with van der Waals surface area (Å²) in [5.74, 6) is 1.45. The Bertz CT molecular complexity index is 1180. The lowest BCUT2D eigenvalue weighted by atomic mass is 10.1. The first-order valence-corrected chi connectivity index (χ1v) is 16.5. The third-order valence-corrected chi connectivity index (χ3v) is 8.40. The number of aryl methyl sites for hydroxylation is 1. The topological polar surface area (TPSA) is 42.7 Å². The Morgan fingerprint density at radius 1 is 0.905 bits per heavy atom. The van der Waals surface area contributed by atoms with Gasteiger partial charge in [0.2, 0.25) is 11.4 Å². The molecular formula is C35H51BrN2O3S. The van der Waals surface area contributed by atoms with Gasteiger partial charge in [0.05, 0.1) is 25.1 Å². The first-order chi connectivity index (χ1) is 20.0. The number of unbranched alkanes of at least 4 members (excludes halogenated alkanes) is 11. The summed E-state index contributed by atoms with van der Waals surface area (Å²) in [7, 11) is 1.67. The molecule has 3 aromatic rings. The number of nitrogens with zero attached hydrogens (tertiary/aromatic N) is 2. The normalized spacial score (nSPS) is 10.8. The van der Waals surface area contributed by atoms with E-state index in [4.69, 9.17) is 9.47 Å². The number of para-hydroxylation sites is 1. The van der Waals surface area contributed by atoms with Gasteiger partial charge in [-0.3, -0.25) is 4.79 Å². The van der Waals surface area contributed by atoms with E-state index in [1.165, 1.54) is 75.5 Å². The maximum atomic E-state index is 12.8. The van der Waals surface area contributed by atoms with Gasteiger partial charge in [-0.15, -0.1) is 0 Å². The summed E-state index contributed by atoms with van der Waals surface area (Å²) < 4.78 is 14.1. The minimum atomic E-state index is -0.00379. The van der Waals surface area contributed by atoms with Gasteiger partial charge in [0.15, 0.2) is 24.2 Å². The second kappa shape index (κ2) is 20.5. The first-order valence-electron chi connectivity index (χ1n) is 15.6. The zero-order valence-corrected chi connectivity index (χ0v) is 28.6. The Balaban J connectivity index is 0.00000616. The number of carbonyl (C=O) groups excluding carboxylic acids is 1. The molecule has 0 radical (unpaired) electrons. The van der Waals surface area contributed by atoms with Crippen molar-refractivity contribution in [3.05, 3.63) is 70.2 Å². The maximum Gasteiger partial charge on any atom is 0.225 e. The van der Waals surface area contributed by atoms with Gasteiger partial charge in [-0.2, -0.15) is 4.57 Å². The number of halogens is 1. The summed E-state index contributed by atoms with van der Waals surface area (Å²) in [6, 6.07) is 14.2. The lowest BCUT2D eigenvalue weighted by Gasteiger charge is -2.24. The van der Waals surface area contributed by atoms with Gasteiger partial charge in [-0.25, -0.2) is 0 Å². The molecule has 5 nitrogen and oxygen atoms in total. The maximum absolute atomic E-state index is 12.8. The number of hydrogen-bond donors (Lipinski definition) is 0. The van der Waals surface area contributed by atoms with Crippen LogP contribution in [-0.4, -0.2) is 19.6 Å². The molecule has 3 rings (SSSR count). The molecule has 0 spiro atoms. The molecule has 0 N–H and O–H groups in total. The molecule has 0 aliphatic heterocycles. The molecule has 232 valence electrons. The van der Waals surface area contributed by atoms with Gasteiger partial charge in [0.25, 0.3) is 0 Å². The number of anilines is 1. The van der Waals surface area contributed by atoms with E-state index in [9.17, 15) is 4.79 Å². The highest BCUT2D eigenvalue weighted by atomic mass is 79.9. The summed E-state index contributed by atoms with van der Waals surface area (Å²) in [4.78, 5) is 15.9.